The third kappa shape index (κ3) is 2.66. The number of likely N-dealkylation sites (N-methyl/N-ethyl adjacent to an activating group) is 1. The lowest BCUT2D eigenvalue weighted by Gasteiger charge is -2.23. The monoisotopic (exact) mass is 209 g/mol. The Morgan fingerprint density at radius 2 is 2.27 bits per heavy atom. The van der Waals surface area contributed by atoms with E-state index in [1.54, 1.807) is 11.9 Å². The largest absolute Gasteiger partial charge is 0.338 e. The lowest BCUT2D eigenvalue weighted by atomic mass is 10.2. The van der Waals surface area contributed by atoms with Gasteiger partial charge < -0.3 is 15.6 Å². The number of pyridine rings is 1. The fraction of sp³-hybridized carbons (Fsp3) is 0.400. The molecule has 5 nitrogen and oxygen atoms in total. The molecule has 1 heterocycles. The van der Waals surface area contributed by atoms with Crippen LogP contribution >= 0.6 is 0 Å². The number of nitrogens with zero attached hydrogens (tertiary/aromatic N) is 1. The SMILES string of the molecule is CC(CN)N(C)C(=O)c1ccc(=O)[nH]c1. The van der Waals surface area contributed by atoms with E-state index in [-0.39, 0.29) is 17.5 Å². The second kappa shape index (κ2) is 4.75. The van der Waals surface area contributed by atoms with Crippen LogP contribution in [0.5, 0.6) is 0 Å². The highest BCUT2D eigenvalue weighted by atomic mass is 16.2. The Bertz CT molecular complexity index is 379. The lowest BCUT2D eigenvalue weighted by molar-refractivity contribution is 0.0748. The van der Waals surface area contributed by atoms with Gasteiger partial charge in [-0.1, -0.05) is 0 Å². The molecule has 0 aliphatic carbocycles. The summed E-state index contributed by atoms with van der Waals surface area (Å²) in [5.41, 5.74) is 5.70. The quantitative estimate of drug-likeness (QED) is 0.723. The van der Waals surface area contributed by atoms with Gasteiger partial charge in [0.25, 0.3) is 5.91 Å². The van der Waals surface area contributed by atoms with E-state index in [4.69, 9.17) is 5.73 Å². The van der Waals surface area contributed by atoms with Gasteiger partial charge in [-0.3, -0.25) is 9.59 Å². The van der Waals surface area contributed by atoms with Crippen molar-refractivity contribution in [3.8, 4) is 0 Å². The van der Waals surface area contributed by atoms with Gasteiger partial charge in [0.05, 0.1) is 5.56 Å². The molecule has 15 heavy (non-hydrogen) atoms. The van der Waals surface area contributed by atoms with E-state index in [0.29, 0.717) is 12.1 Å². The fourth-order valence-electron chi connectivity index (χ4n) is 1.11. The van der Waals surface area contributed by atoms with Crippen molar-refractivity contribution in [2.45, 2.75) is 13.0 Å². The molecule has 0 saturated carbocycles. The Morgan fingerprint density at radius 1 is 1.60 bits per heavy atom. The lowest BCUT2D eigenvalue weighted by Crippen LogP contribution is -2.39. The molecule has 0 aliphatic rings. The molecule has 1 atom stereocenters. The van der Waals surface area contributed by atoms with E-state index < -0.39 is 0 Å². The van der Waals surface area contributed by atoms with Gasteiger partial charge in [-0.25, -0.2) is 0 Å². The highest BCUT2D eigenvalue weighted by molar-refractivity contribution is 5.93. The molecule has 0 aliphatic heterocycles. The Kier molecular flexibility index (Phi) is 3.62. The number of carbonyl (C=O) groups is 1. The topological polar surface area (TPSA) is 79.2 Å². The van der Waals surface area contributed by atoms with Gasteiger partial charge in [0.1, 0.15) is 0 Å². The van der Waals surface area contributed by atoms with Gasteiger partial charge in [0, 0.05) is 31.9 Å². The molecule has 5 heteroatoms. The molecule has 0 saturated heterocycles. The minimum atomic E-state index is -0.221. The normalized spacial score (nSPS) is 12.2. The van der Waals surface area contributed by atoms with Crippen molar-refractivity contribution in [3.63, 3.8) is 0 Å². The molecule has 0 bridgehead atoms. The van der Waals surface area contributed by atoms with Gasteiger partial charge in [-0.05, 0) is 13.0 Å². The molecule has 1 unspecified atom stereocenters. The third-order valence-corrected chi connectivity index (χ3v) is 2.35. The Balaban J connectivity index is 2.85. The van der Waals surface area contributed by atoms with Crippen LogP contribution in [0.15, 0.2) is 23.1 Å². The van der Waals surface area contributed by atoms with Crippen LogP contribution < -0.4 is 11.3 Å². The van der Waals surface area contributed by atoms with Crippen LogP contribution in [0.25, 0.3) is 0 Å². The first-order valence-electron chi connectivity index (χ1n) is 4.72. The maximum atomic E-state index is 11.8. The minimum absolute atomic E-state index is 0.0237. The highest BCUT2D eigenvalue weighted by Crippen LogP contribution is 2.03. The minimum Gasteiger partial charge on any atom is -0.338 e. The summed E-state index contributed by atoms with van der Waals surface area (Å²) in [6.07, 6.45) is 1.41. The number of hydrogen-bond donors (Lipinski definition) is 2. The molecular formula is C10H15N3O2. The predicted octanol–water partition coefficient (Wildman–Crippen LogP) is -0.206. The number of amides is 1. The second-order valence-corrected chi connectivity index (χ2v) is 3.44. The van der Waals surface area contributed by atoms with Crippen molar-refractivity contribution in [2.75, 3.05) is 13.6 Å². The van der Waals surface area contributed by atoms with Crippen molar-refractivity contribution in [2.24, 2.45) is 5.73 Å². The van der Waals surface area contributed by atoms with Crippen LogP contribution in [0.4, 0.5) is 0 Å². The Hall–Kier alpha value is -1.62. The van der Waals surface area contributed by atoms with E-state index in [1.807, 2.05) is 6.92 Å². The molecule has 0 radical (unpaired) electrons. The molecule has 0 spiro atoms. The first-order chi connectivity index (χ1) is 7.06. The summed E-state index contributed by atoms with van der Waals surface area (Å²) in [5, 5.41) is 0. The zero-order chi connectivity index (χ0) is 11.4. The second-order valence-electron chi connectivity index (χ2n) is 3.44. The summed E-state index contributed by atoms with van der Waals surface area (Å²) in [6, 6.07) is 2.80. The molecule has 3 N–H and O–H groups in total. The standard InChI is InChI=1S/C10H15N3O2/c1-7(5-11)13(2)10(15)8-3-4-9(14)12-6-8/h3-4,6-7H,5,11H2,1-2H3,(H,12,14). The maximum Gasteiger partial charge on any atom is 0.255 e. The number of carbonyl (C=O) groups excluding carboxylic acids is 1. The molecule has 1 rings (SSSR count). The van der Waals surface area contributed by atoms with Crippen LogP contribution in [0.3, 0.4) is 0 Å². The first kappa shape index (κ1) is 11.5. The van der Waals surface area contributed by atoms with Crippen LogP contribution in [0, 0.1) is 0 Å². The Morgan fingerprint density at radius 3 is 2.73 bits per heavy atom. The Labute approximate surface area is 87.9 Å². The third-order valence-electron chi connectivity index (χ3n) is 2.35. The van der Waals surface area contributed by atoms with Crippen LogP contribution in [0.1, 0.15) is 17.3 Å². The number of nitrogens with two attached hydrogens (primary N) is 1. The van der Waals surface area contributed by atoms with Crippen molar-refractivity contribution >= 4 is 5.91 Å². The first-order valence-corrected chi connectivity index (χ1v) is 4.72. The summed E-state index contributed by atoms with van der Waals surface area (Å²) in [6.45, 7) is 2.27. The van der Waals surface area contributed by atoms with Gasteiger partial charge in [0.2, 0.25) is 5.56 Å². The van der Waals surface area contributed by atoms with E-state index in [1.165, 1.54) is 18.3 Å². The average Bonchev–Trinajstić information content (AvgIpc) is 2.27. The van der Waals surface area contributed by atoms with Gasteiger partial charge in [-0.2, -0.15) is 0 Å². The number of rotatable bonds is 3. The molecular weight excluding hydrogens is 194 g/mol. The zero-order valence-corrected chi connectivity index (χ0v) is 8.86. The highest BCUT2D eigenvalue weighted by Gasteiger charge is 2.15. The number of aromatic nitrogens is 1. The molecule has 0 fully saturated rings. The number of hydrogen-bond acceptors (Lipinski definition) is 3. The summed E-state index contributed by atoms with van der Waals surface area (Å²) in [7, 11) is 1.69. The smallest absolute Gasteiger partial charge is 0.255 e. The van der Waals surface area contributed by atoms with Gasteiger partial charge in [-0.15, -0.1) is 0 Å². The molecule has 0 aromatic carbocycles. The van der Waals surface area contributed by atoms with E-state index in [9.17, 15) is 9.59 Å². The van der Waals surface area contributed by atoms with Crippen molar-refractivity contribution in [1.82, 2.24) is 9.88 Å². The number of H-pyrrole nitrogens is 1. The molecule has 1 amide bonds. The molecule has 1 aromatic rings. The van der Waals surface area contributed by atoms with Gasteiger partial charge in [0.15, 0.2) is 0 Å². The van der Waals surface area contributed by atoms with Crippen molar-refractivity contribution < 1.29 is 4.79 Å². The fourth-order valence-corrected chi connectivity index (χ4v) is 1.11. The van der Waals surface area contributed by atoms with Crippen LogP contribution in [0.2, 0.25) is 0 Å². The summed E-state index contributed by atoms with van der Waals surface area (Å²) in [5.74, 6) is -0.149. The van der Waals surface area contributed by atoms with E-state index in [0.717, 1.165) is 0 Å². The maximum absolute atomic E-state index is 11.8. The number of aromatic amines is 1. The zero-order valence-electron chi connectivity index (χ0n) is 8.86. The van der Waals surface area contributed by atoms with E-state index >= 15 is 0 Å². The molecule has 82 valence electrons. The molecule has 1 aromatic heterocycles. The summed E-state index contributed by atoms with van der Waals surface area (Å²) < 4.78 is 0. The number of nitrogens with one attached hydrogen (secondary N) is 1. The van der Waals surface area contributed by atoms with Crippen molar-refractivity contribution in [1.29, 1.82) is 0 Å². The van der Waals surface area contributed by atoms with Crippen LogP contribution in [-0.4, -0.2) is 35.4 Å². The van der Waals surface area contributed by atoms with E-state index in [2.05, 4.69) is 4.98 Å². The average molecular weight is 209 g/mol. The predicted molar refractivity (Wildman–Crippen MR) is 57.7 cm³/mol. The summed E-state index contributed by atoms with van der Waals surface area (Å²) >= 11 is 0. The van der Waals surface area contributed by atoms with Crippen LogP contribution in [-0.2, 0) is 0 Å². The summed E-state index contributed by atoms with van der Waals surface area (Å²) in [4.78, 5) is 26.6. The van der Waals surface area contributed by atoms with Gasteiger partial charge >= 0.3 is 0 Å². The van der Waals surface area contributed by atoms with Crippen molar-refractivity contribution in [3.05, 3.63) is 34.2 Å².